The number of aromatic hydroxyl groups is 1. The largest absolute Gasteiger partial charge is 0.508 e. The van der Waals surface area contributed by atoms with Crippen LogP contribution in [0.1, 0.15) is 58.3 Å². The van der Waals surface area contributed by atoms with Crippen molar-refractivity contribution in [2.24, 2.45) is 11.8 Å². The summed E-state index contributed by atoms with van der Waals surface area (Å²) in [5.74, 6) is 3.58. The van der Waals surface area contributed by atoms with Crippen LogP contribution >= 0.6 is 0 Å². The van der Waals surface area contributed by atoms with E-state index in [1.807, 2.05) is 6.92 Å². The van der Waals surface area contributed by atoms with Gasteiger partial charge in [0.25, 0.3) is 0 Å². The molecule has 1 saturated carbocycles. The number of unbranched alkanes of at least 4 members (excludes halogenated alkanes) is 2. The van der Waals surface area contributed by atoms with Crippen molar-refractivity contribution < 1.29 is 30.5 Å². The lowest BCUT2D eigenvalue weighted by molar-refractivity contribution is -0.308. The molecule has 3 unspecified atom stereocenters. The lowest BCUT2D eigenvalue weighted by Crippen LogP contribution is -2.29. The third-order valence-electron chi connectivity index (χ3n) is 5.55. The first-order chi connectivity index (χ1) is 15.8. The average Bonchev–Trinajstić information content (AvgIpc) is 3.63. The molecule has 1 aliphatic rings. The highest BCUT2D eigenvalue weighted by Gasteiger charge is 2.33. The van der Waals surface area contributed by atoms with Crippen molar-refractivity contribution in [3.8, 4) is 18.1 Å². The van der Waals surface area contributed by atoms with Crippen molar-refractivity contribution in [1.82, 2.24) is 10.5 Å². The third kappa shape index (κ3) is 13.7. The molecule has 186 valence electrons. The van der Waals surface area contributed by atoms with E-state index < -0.39 is 12.2 Å². The number of aliphatic hydroxyl groups is 2. The molecule has 0 aliphatic heterocycles. The number of amides is 2. The van der Waals surface area contributed by atoms with Gasteiger partial charge < -0.3 is 26.0 Å². The Morgan fingerprint density at radius 3 is 2.39 bits per heavy atom. The van der Waals surface area contributed by atoms with E-state index in [-0.39, 0.29) is 29.5 Å². The van der Waals surface area contributed by atoms with Gasteiger partial charge in [-0.05, 0) is 81.0 Å². The minimum Gasteiger partial charge on any atom is -0.508 e. The van der Waals surface area contributed by atoms with Gasteiger partial charge in [-0.3, -0.25) is 10.4 Å². The molecule has 9 nitrogen and oxygen atoms in total. The Hall–Kier alpha value is -2.35. The Kier molecular flexibility index (Phi) is 14.2. The molecule has 1 aromatic carbocycles. The number of phenolic OH excluding ortho intramolecular Hbond substituents is 1. The van der Waals surface area contributed by atoms with E-state index in [1.165, 1.54) is 12.1 Å². The van der Waals surface area contributed by atoms with Crippen LogP contribution in [0, 0.1) is 24.2 Å². The fraction of sp³-hybridized carbons (Fsp3) is 0.625. The molecule has 2 rings (SSSR count). The molecule has 33 heavy (non-hydrogen) atoms. The molecule has 3 atom stereocenters. The van der Waals surface area contributed by atoms with E-state index in [2.05, 4.69) is 16.6 Å². The molecule has 0 radical (unpaired) electrons. The predicted molar refractivity (Wildman–Crippen MR) is 126 cm³/mol. The molecule has 0 saturated heterocycles. The molecule has 2 amide bonds. The highest BCUT2D eigenvalue weighted by atomic mass is 16.8. The van der Waals surface area contributed by atoms with Gasteiger partial charge >= 0.3 is 6.03 Å². The summed E-state index contributed by atoms with van der Waals surface area (Å²) >= 11 is 0. The molecule has 9 heteroatoms. The van der Waals surface area contributed by atoms with E-state index in [1.54, 1.807) is 12.1 Å². The van der Waals surface area contributed by atoms with Crippen LogP contribution in [0.15, 0.2) is 24.3 Å². The van der Waals surface area contributed by atoms with E-state index in [4.69, 9.17) is 21.9 Å². The van der Waals surface area contributed by atoms with E-state index in [9.17, 15) is 15.0 Å². The molecule has 0 heterocycles. The van der Waals surface area contributed by atoms with E-state index in [0.717, 1.165) is 32.1 Å². The number of benzene rings is 1. The standard InChI is InChI=1S/C13H16N2O2.C11H23NO4/c1-2-3-4-5-10-14-13(17)15-11-6-8-12(16)9-7-11;1-2-10(13)11(14)7-9(8-3-4-8)5-6-12(15)16/h1,6-9,16H,3-5,10H2,(H2,14,15,17);8-11,13-16H,2-7H2,1H3. The van der Waals surface area contributed by atoms with Crippen molar-refractivity contribution in [3.05, 3.63) is 24.3 Å². The van der Waals surface area contributed by atoms with Crippen molar-refractivity contribution in [2.75, 3.05) is 18.4 Å². The molecule has 1 aliphatic carbocycles. The first kappa shape index (κ1) is 28.7. The maximum atomic E-state index is 11.4. The fourth-order valence-corrected chi connectivity index (χ4v) is 3.41. The van der Waals surface area contributed by atoms with Crippen LogP contribution in [0.5, 0.6) is 5.75 Å². The second kappa shape index (κ2) is 16.3. The second-order valence-electron chi connectivity index (χ2n) is 8.35. The summed E-state index contributed by atoms with van der Waals surface area (Å²) < 4.78 is 0. The number of nitrogens with zero attached hydrogens (tertiary/aromatic N) is 1. The quantitative estimate of drug-likeness (QED) is 0.102. The topological polar surface area (TPSA) is 146 Å². The summed E-state index contributed by atoms with van der Waals surface area (Å²) in [6, 6.07) is 6.04. The van der Waals surface area contributed by atoms with Gasteiger partial charge in [-0.1, -0.05) is 12.2 Å². The van der Waals surface area contributed by atoms with Gasteiger partial charge in [0.2, 0.25) is 0 Å². The number of phenols is 1. The Labute approximate surface area is 196 Å². The summed E-state index contributed by atoms with van der Waals surface area (Å²) in [5.41, 5.74) is 0.643. The zero-order valence-electron chi connectivity index (χ0n) is 19.4. The van der Waals surface area contributed by atoms with Crippen LogP contribution in [0.2, 0.25) is 0 Å². The summed E-state index contributed by atoms with van der Waals surface area (Å²) in [6.07, 6.45) is 10.3. The number of terminal acetylenes is 1. The smallest absolute Gasteiger partial charge is 0.319 e. The minimum absolute atomic E-state index is 0.172. The van der Waals surface area contributed by atoms with Gasteiger partial charge in [-0.2, -0.15) is 0 Å². The lowest BCUT2D eigenvalue weighted by Gasteiger charge is -2.23. The number of urea groups is 1. The van der Waals surface area contributed by atoms with Crippen molar-refractivity contribution in [1.29, 1.82) is 0 Å². The Bertz CT molecular complexity index is 703. The Morgan fingerprint density at radius 1 is 1.18 bits per heavy atom. The molecule has 1 aromatic rings. The molecule has 0 spiro atoms. The van der Waals surface area contributed by atoms with Crippen molar-refractivity contribution in [2.45, 2.75) is 70.5 Å². The minimum atomic E-state index is -0.693. The lowest BCUT2D eigenvalue weighted by atomic mass is 9.90. The monoisotopic (exact) mass is 465 g/mol. The maximum absolute atomic E-state index is 11.4. The zero-order chi connectivity index (χ0) is 24.6. The highest BCUT2D eigenvalue weighted by Crippen LogP contribution is 2.41. The van der Waals surface area contributed by atoms with Crippen molar-refractivity contribution >= 4 is 11.7 Å². The number of anilines is 1. The van der Waals surface area contributed by atoms with Gasteiger partial charge in [0.1, 0.15) is 5.75 Å². The number of carbonyl (C=O) groups is 1. The molecular formula is C24H39N3O6. The fourth-order valence-electron chi connectivity index (χ4n) is 3.41. The third-order valence-corrected chi connectivity index (χ3v) is 5.55. The summed E-state index contributed by atoms with van der Waals surface area (Å²) in [7, 11) is 0. The summed E-state index contributed by atoms with van der Waals surface area (Å²) in [6.45, 7) is 2.63. The number of hydroxylamine groups is 2. The summed E-state index contributed by atoms with van der Waals surface area (Å²) in [4.78, 5) is 11.4. The van der Waals surface area contributed by atoms with Crippen LogP contribution in [-0.4, -0.2) is 62.3 Å². The van der Waals surface area contributed by atoms with Gasteiger partial charge in [-0.15, -0.1) is 12.3 Å². The average molecular weight is 466 g/mol. The van der Waals surface area contributed by atoms with Gasteiger partial charge in [0.05, 0.1) is 18.8 Å². The first-order valence-electron chi connectivity index (χ1n) is 11.6. The van der Waals surface area contributed by atoms with Crippen LogP contribution < -0.4 is 10.6 Å². The number of nitrogens with one attached hydrogen (secondary N) is 2. The SMILES string of the molecule is C#CCCCCNC(=O)Nc1ccc(O)cc1.CCC(O)C(O)CC(CCN(O)O)C1CC1. The normalized spacial score (nSPS) is 15.5. The number of carbonyl (C=O) groups excluding carboxylic acids is 1. The number of rotatable bonds is 13. The maximum Gasteiger partial charge on any atom is 0.319 e. The Morgan fingerprint density at radius 2 is 1.85 bits per heavy atom. The zero-order valence-corrected chi connectivity index (χ0v) is 19.4. The Balaban J connectivity index is 0.000000331. The van der Waals surface area contributed by atoms with Gasteiger partial charge in [0, 0.05) is 18.7 Å². The summed E-state index contributed by atoms with van der Waals surface area (Å²) in [5, 5.41) is 51.2. The van der Waals surface area contributed by atoms with E-state index in [0.29, 0.717) is 37.4 Å². The van der Waals surface area contributed by atoms with E-state index >= 15 is 0 Å². The van der Waals surface area contributed by atoms with Crippen LogP contribution in [-0.2, 0) is 0 Å². The van der Waals surface area contributed by atoms with Crippen LogP contribution in [0.4, 0.5) is 10.5 Å². The number of hydrogen-bond acceptors (Lipinski definition) is 7. The van der Waals surface area contributed by atoms with Crippen molar-refractivity contribution in [3.63, 3.8) is 0 Å². The molecule has 7 N–H and O–H groups in total. The number of hydrogen-bond donors (Lipinski definition) is 7. The highest BCUT2D eigenvalue weighted by molar-refractivity contribution is 5.89. The van der Waals surface area contributed by atoms with Gasteiger partial charge in [0.15, 0.2) is 0 Å². The molecule has 1 fully saturated rings. The first-order valence-corrected chi connectivity index (χ1v) is 11.6. The predicted octanol–water partition coefficient (Wildman–Crippen LogP) is 3.32. The molecule has 0 bridgehead atoms. The van der Waals surface area contributed by atoms with Crippen LogP contribution in [0.3, 0.4) is 0 Å². The van der Waals surface area contributed by atoms with Gasteiger partial charge in [-0.25, -0.2) is 4.79 Å². The molecule has 0 aromatic heterocycles. The molecular weight excluding hydrogens is 426 g/mol. The van der Waals surface area contributed by atoms with Crippen LogP contribution in [0.25, 0.3) is 0 Å². The number of aliphatic hydroxyl groups excluding tert-OH is 2. The second-order valence-corrected chi connectivity index (χ2v) is 8.35.